The Labute approximate surface area is 141 Å². The minimum atomic E-state index is -0.000528. The molecule has 1 amide bonds. The molecule has 0 fully saturated rings. The highest BCUT2D eigenvalue weighted by molar-refractivity contribution is 7.10. The monoisotopic (exact) mass is 330 g/mol. The van der Waals surface area contributed by atoms with E-state index < -0.39 is 0 Å². The van der Waals surface area contributed by atoms with Crippen LogP contribution in [0.25, 0.3) is 0 Å². The molecule has 1 aromatic heterocycles. The van der Waals surface area contributed by atoms with E-state index in [4.69, 9.17) is 4.74 Å². The number of amides is 1. The van der Waals surface area contributed by atoms with E-state index in [1.807, 2.05) is 36.5 Å². The number of benzene rings is 1. The van der Waals surface area contributed by atoms with Gasteiger partial charge in [0.05, 0.1) is 19.3 Å². The van der Waals surface area contributed by atoms with Crippen molar-refractivity contribution in [3.63, 3.8) is 0 Å². The zero-order valence-electron chi connectivity index (χ0n) is 13.8. The van der Waals surface area contributed by atoms with E-state index in [1.165, 1.54) is 10.4 Å². The van der Waals surface area contributed by atoms with Crippen molar-refractivity contribution in [2.24, 2.45) is 0 Å². The lowest BCUT2D eigenvalue weighted by molar-refractivity contribution is -0.117. The summed E-state index contributed by atoms with van der Waals surface area (Å²) in [5.74, 6) is 0.690. The van der Waals surface area contributed by atoms with Crippen molar-refractivity contribution in [1.82, 2.24) is 4.90 Å². The highest BCUT2D eigenvalue weighted by atomic mass is 32.1. The molecule has 4 nitrogen and oxygen atoms in total. The quantitative estimate of drug-likeness (QED) is 0.931. The van der Waals surface area contributed by atoms with E-state index in [0.29, 0.717) is 12.3 Å². The van der Waals surface area contributed by atoms with Gasteiger partial charge in [0.15, 0.2) is 0 Å². The third-order valence-electron chi connectivity index (χ3n) is 4.38. The predicted octanol–water partition coefficient (Wildman–Crippen LogP) is 3.62. The van der Waals surface area contributed by atoms with Crippen LogP contribution in [0, 0.1) is 6.92 Å². The highest BCUT2D eigenvalue weighted by Crippen LogP contribution is 2.32. The molecule has 3 rings (SSSR count). The number of methoxy groups -OCH3 is 1. The molecule has 1 aromatic carbocycles. The van der Waals surface area contributed by atoms with Crippen LogP contribution in [-0.2, 0) is 11.2 Å². The Hall–Kier alpha value is -1.85. The molecule has 0 saturated heterocycles. The topological polar surface area (TPSA) is 41.6 Å². The number of carbonyl (C=O) groups excluding carboxylic acids is 1. The molecule has 2 heterocycles. The first kappa shape index (κ1) is 16.0. The van der Waals surface area contributed by atoms with Crippen LogP contribution in [0.2, 0.25) is 0 Å². The molecule has 1 aliphatic rings. The average molecular weight is 330 g/mol. The number of carbonyl (C=O) groups is 1. The third-order valence-corrected chi connectivity index (χ3v) is 5.38. The molecule has 1 N–H and O–H groups in total. The van der Waals surface area contributed by atoms with Gasteiger partial charge in [-0.1, -0.05) is 6.07 Å². The van der Waals surface area contributed by atoms with Crippen LogP contribution < -0.4 is 10.1 Å². The van der Waals surface area contributed by atoms with E-state index in [-0.39, 0.29) is 11.9 Å². The van der Waals surface area contributed by atoms with Crippen molar-refractivity contribution >= 4 is 22.9 Å². The van der Waals surface area contributed by atoms with Gasteiger partial charge in [-0.2, -0.15) is 0 Å². The van der Waals surface area contributed by atoms with Gasteiger partial charge in [0.1, 0.15) is 5.75 Å². The third kappa shape index (κ3) is 3.41. The number of anilines is 1. The lowest BCUT2D eigenvalue weighted by Gasteiger charge is -2.32. The normalized spacial score (nSPS) is 17.6. The van der Waals surface area contributed by atoms with E-state index >= 15 is 0 Å². The van der Waals surface area contributed by atoms with Gasteiger partial charge in [-0.25, -0.2) is 0 Å². The summed E-state index contributed by atoms with van der Waals surface area (Å²) in [6.07, 6.45) is 1.03. The van der Waals surface area contributed by atoms with Crippen molar-refractivity contribution in [2.75, 3.05) is 25.5 Å². The fraction of sp³-hybridized carbons (Fsp3) is 0.389. The largest absolute Gasteiger partial charge is 0.495 e. The second kappa shape index (κ2) is 6.72. The van der Waals surface area contributed by atoms with Gasteiger partial charge in [0.25, 0.3) is 0 Å². The first-order valence-electron chi connectivity index (χ1n) is 7.83. The van der Waals surface area contributed by atoms with Gasteiger partial charge < -0.3 is 10.1 Å². The van der Waals surface area contributed by atoms with Gasteiger partial charge in [0.2, 0.25) is 5.91 Å². The smallest absolute Gasteiger partial charge is 0.238 e. The van der Waals surface area contributed by atoms with Gasteiger partial charge in [-0.15, -0.1) is 11.3 Å². The summed E-state index contributed by atoms with van der Waals surface area (Å²) >= 11 is 1.82. The zero-order chi connectivity index (χ0) is 16.4. The number of nitrogens with one attached hydrogen (secondary N) is 1. The lowest BCUT2D eigenvalue weighted by Crippen LogP contribution is -2.39. The molecule has 23 heavy (non-hydrogen) atoms. The summed E-state index contributed by atoms with van der Waals surface area (Å²) in [4.78, 5) is 16.1. The summed E-state index contributed by atoms with van der Waals surface area (Å²) in [5.41, 5.74) is 3.19. The molecule has 1 aliphatic heterocycles. The number of nitrogens with zero attached hydrogens (tertiary/aromatic N) is 1. The van der Waals surface area contributed by atoms with E-state index in [2.05, 4.69) is 28.6 Å². The molecule has 0 unspecified atom stereocenters. The van der Waals surface area contributed by atoms with Crippen LogP contribution in [0.4, 0.5) is 5.69 Å². The molecule has 0 radical (unpaired) electrons. The SMILES string of the molecule is COc1ccc(C)cc1NC(=O)CN1CCc2sccc2[C@H]1C. The minimum absolute atomic E-state index is 0.000528. The minimum Gasteiger partial charge on any atom is -0.495 e. The molecule has 5 heteroatoms. The Morgan fingerprint density at radius 3 is 3.04 bits per heavy atom. The summed E-state index contributed by atoms with van der Waals surface area (Å²) in [7, 11) is 1.62. The van der Waals surface area contributed by atoms with Crippen LogP contribution in [0.3, 0.4) is 0 Å². The van der Waals surface area contributed by atoms with Crippen LogP contribution in [-0.4, -0.2) is 31.0 Å². The molecule has 0 spiro atoms. The number of hydrogen-bond donors (Lipinski definition) is 1. The Morgan fingerprint density at radius 1 is 1.43 bits per heavy atom. The second-order valence-corrected chi connectivity index (χ2v) is 6.95. The maximum atomic E-state index is 12.5. The van der Waals surface area contributed by atoms with Gasteiger partial charge in [-0.05, 0) is 55.0 Å². The Bertz CT molecular complexity index is 711. The zero-order valence-corrected chi connectivity index (χ0v) is 14.6. The standard InChI is InChI=1S/C18H22N2O2S/c1-12-4-5-16(22-3)15(10-12)19-18(21)11-20-8-6-17-14(13(20)2)7-9-23-17/h4-5,7,9-10,13H,6,8,11H2,1-3H3,(H,19,21)/t13-/m1/s1. The van der Waals surface area contributed by atoms with Crippen LogP contribution in [0.1, 0.15) is 29.0 Å². The molecular weight excluding hydrogens is 308 g/mol. The Morgan fingerprint density at radius 2 is 2.26 bits per heavy atom. The molecule has 122 valence electrons. The van der Waals surface area contributed by atoms with Crippen LogP contribution in [0.15, 0.2) is 29.6 Å². The lowest BCUT2D eigenvalue weighted by atomic mass is 10.0. The van der Waals surface area contributed by atoms with Crippen molar-refractivity contribution in [1.29, 1.82) is 0 Å². The molecule has 0 bridgehead atoms. The van der Waals surface area contributed by atoms with Crippen molar-refractivity contribution < 1.29 is 9.53 Å². The number of rotatable bonds is 4. The summed E-state index contributed by atoms with van der Waals surface area (Å²) in [5, 5.41) is 5.13. The predicted molar refractivity (Wildman–Crippen MR) is 94.4 cm³/mol. The molecule has 2 aromatic rings. The van der Waals surface area contributed by atoms with E-state index in [1.54, 1.807) is 7.11 Å². The number of aryl methyl sites for hydroxylation is 1. The summed E-state index contributed by atoms with van der Waals surface area (Å²) < 4.78 is 5.32. The van der Waals surface area contributed by atoms with Gasteiger partial charge in [0, 0.05) is 17.5 Å². The maximum Gasteiger partial charge on any atom is 0.238 e. The van der Waals surface area contributed by atoms with Crippen molar-refractivity contribution in [3.05, 3.63) is 45.6 Å². The van der Waals surface area contributed by atoms with Crippen molar-refractivity contribution in [3.8, 4) is 5.75 Å². The fourth-order valence-electron chi connectivity index (χ4n) is 3.07. The highest BCUT2D eigenvalue weighted by Gasteiger charge is 2.26. The van der Waals surface area contributed by atoms with Crippen LogP contribution in [0.5, 0.6) is 5.75 Å². The van der Waals surface area contributed by atoms with Gasteiger partial charge in [-0.3, -0.25) is 9.69 Å². The summed E-state index contributed by atoms with van der Waals surface area (Å²) in [6.45, 7) is 5.49. The summed E-state index contributed by atoms with van der Waals surface area (Å²) in [6, 6.07) is 8.26. The van der Waals surface area contributed by atoms with Crippen molar-refractivity contribution in [2.45, 2.75) is 26.3 Å². The van der Waals surface area contributed by atoms with E-state index in [0.717, 1.165) is 24.2 Å². The van der Waals surface area contributed by atoms with Gasteiger partial charge >= 0.3 is 0 Å². The molecule has 0 saturated carbocycles. The Kier molecular flexibility index (Phi) is 4.68. The number of fused-ring (bicyclic) bond motifs is 1. The number of hydrogen-bond acceptors (Lipinski definition) is 4. The van der Waals surface area contributed by atoms with Crippen LogP contribution >= 0.6 is 11.3 Å². The number of thiophene rings is 1. The average Bonchev–Trinajstić information content (AvgIpc) is 3.00. The first-order valence-corrected chi connectivity index (χ1v) is 8.71. The van der Waals surface area contributed by atoms with E-state index in [9.17, 15) is 4.79 Å². The maximum absolute atomic E-state index is 12.5. The molecular formula is C18H22N2O2S. The molecule has 0 aliphatic carbocycles. The second-order valence-electron chi connectivity index (χ2n) is 5.95. The number of ether oxygens (including phenoxy) is 1. The Balaban J connectivity index is 1.68. The first-order chi connectivity index (χ1) is 11.1. The molecule has 1 atom stereocenters. The fourth-order valence-corrected chi connectivity index (χ4v) is 4.03.